The topological polar surface area (TPSA) is 0 Å². The lowest BCUT2D eigenvalue weighted by molar-refractivity contribution is 0.756. The van der Waals surface area contributed by atoms with Crippen LogP contribution in [0.4, 0.5) is 0 Å². The van der Waals surface area contributed by atoms with Crippen LogP contribution in [0.15, 0.2) is 67.3 Å². The van der Waals surface area contributed by atoms with Gasteiger partial charge in [0, 0.05) is 17.4 Å². The van der Waals surface area contributed by atoms with Crippen LogP contribution in [0.1, 0.15) is 49.1 Å². The maximum absolute atomic E-state index is 6.04. The standard InChI is InChI=1S/C22H23Cl/c1-3-5-6-10-13-22(19-14-16-20(23)17-15-19)21(4-2)18-11-8-7-9-12-18/h4,7-9,11-12,14-17,21-22H,2-3,5-6H2,1H3. The molecule has 0 fully saturated rings. The van der Waals surface area contributed by atoms with E-state index < -0.39 is 0 Å². The molecule has 0 aliphatic carbocycles. The van der Waals surface area contributed by atoms with E-state index in [2.05, 4.69) is 61.7 Å². The van der Waals surface area contributed by atoms with E-state index in [1.807, 2.05) is 24.3 Å². The molecule has 0 saturated carbocycles. The van der Waals surface area contributed by atoms with Gasteiger partial charge >= 0.3 is 0 Å². The summed E-state index contributed by atoms with van der Waals surface area (Å²) in [5.41, 5.74) is 2.43. The van der Waals surface area contributed by atoms with Crippen LogP contribution in [0.3, 0.4) is 0 Å². The maximum Gasteiger partial charge on any atom is 0.0555 e. The van der Waals surface area contributed by atoms with E-state index in [1.54, 1.807) is 0 Å². The van der Waals surface area contributed by atoms with Crippen LogP contribution in [-0.4, -0.2) is 0 Å². The number of hydrogen-bond acceptors (Lipinski definition) is 0. The molecule has 2 unspecified atom stereocenters. The van der Waals surface area contributed by atoms with Crippen molar-refractivity contribution in [2.45, 2.75) is 38.0 Å². The number of unbranched alkanes of at least 4 members (excludes halogenated alkanes) is 2. The number of benzene rings is 2. The highest BCUT2D eigenvalue weighted by Crippen LogP contribution is 2.34. The maximum atomic E-state index is 6.04. The predicted molar refractivity (Wildman–Crippen MR) is 101 cm³/mol. The van der Waals surface area contributed by atoms with Crippen LogP contribution < -0.4 is 0 Å². The Morgan fingerprint density at radius 3 is 2.35 bits per heavy atom. The molecule has 118 valence electrons. The molecule has 0 nitrogen and oxygen atoms in total. The van der Waals surface area contributed by atoms with Gasteiger partial charge in [-0.3, -0.25) is 0 Å². The van der Waals surface area contributed by atoms with Crippen LogP contribution in [0.25, 0.3) is 0 Å². The van der Waals surface area contributed by atoms with Gasteiger partial charge in [0.1, 0.15) is 0 Å². The van der Waals surface area contributed by atoms with Gasteiger partial charge in [0.2, 0.25) is 0 Å². The van der Waals surface area contributed by atoms with E-state index in [1.165, 1.54) is 17.5 Å². The van der Waals surface area contributed by atoms with E-state index in [-0.39, 0.29) is 11.8 Å². The van der Waals surface area contributed by atoms with E-state index in [4.69, 9.17) is 11.6 Å². The van der Waals surface area contributed by atoms with E-state index in [0.29, 0.717) is 0 Å². The molecule has 0 heterocycles. The second-order valence-electron chi connectivity index (χ2n) is 5.63. The molecular formula is C22H23Cl. The summed E-state index contributed by atoms with van der Waals surface area (Å²) in [4.78, 5) is 0. The molecule has 23 heavy (non-hydrogen) atoms. The first-order valence-corrected chi connectivity index (χ1v) is 8.55. The normalized spacial score (nSPS) is 12.8. The quantitative estimate of drug-likeness (QED) is 0.320. The van der Waals surface area contributed by atoms with Crippen molar-refractivity contribution in [3.63, 3.8) is 0 Å². The Morgan fingerprint density at radius 2 is 1.74 bits per heavy atom. The van der Waals surface area contributed by atoms with E-state index >= 15 is 0 Å². The van der Waals surface area contributed by atoms with Gasteiger partial charge in [-0.1, -0.05) is 79.4 Å². The first kappa shape index (κ1) is 17.4. The van der Waals surface area contributed by atoms with Gasteiger partial charge in [-0.2, -0.15) is 0 Å². The van der Waals surface area contributed by atoms with Gasteiger partial charge in [0.05, 0.1) is 5.92 Å². The summed E-state index contributed by atoms with van der Waals surface area (Å²) in [5.74, 6) is 7.10. The van der Waals surface area contributed by atoms with E-state index in [9.17, 15) is 0 Å². The van der Waals surface area contributed by atoms with Crippen LogP contribution in [0, 0.1) is 11.8 Å². The second-order valence-corrected chi connectivity index (χ2v) is 6.06. The summed E-state index contributed by atoms with van der Waals surface area (Å²) in [7, 11) is 0. The Bertz CT molecular complexity index is 659. The molecule has 0 aliphatic heterocycles. The molecule has 0 amide bonds. The number of halogens is 1. The third-order valence-electron chi connectivity index (χ3n) is 3.94. The van der Waals surface area contributed by atoms with Gasteiger partial charge in [0.15, 0.2) is 0 Å². The Hall–Kier alpha value is -1.97. The molecule has 0 bridgehead atoms. The van der Waals surface area contributed by atoms with Crippen molar-refractivity contribution < 1.29 is 0 Å². The largest absolute Gasteiger partial charge is 0.103 e. The first-order valence-electron chi connectivity index (χ1n) is 8.17. The third-order valence-corrected chi connectivity index (χ3v) is 4.19. The zero-order valence-electron chi connectivity index (χ0n) is 13.6. The van der Waals surface area contributed by atoms with Crippen LogP contribution >= 0.6 is 11.6 Å². The van der Waals surface area contributed by atoms with Crippen molar-refractivity contribution in [2.24, 2.45) is 0 Å². The van der Waals surface area contributed by atoms with Gasteiger partial charge in [0.25, 0.3) is 0 Å². The molecular weight excluding hydrogens is 300 g/mol. The van der Waals surface area contributed by atoms with Crippen molar-refractivity contribution in [3.05, 3.63) is 83.4 Å². The fraction of sp³-hybridized carbons (Fsp3) is 0.273. The lowest BCUT2D eigenvalue weighted by Crippen LogP contribution is -2.08. The van der Waals surface area contributed by atoms with Crippen LogP contribution in [0.5, 0.6) is 0 Å². The molecule has 0 aromatic heterocycles. The highest BCUT2D eigenvalue weighted by atomic mass is 35.5. The molecule has 0 spiro atoms. The molecule has 1 heteroatoms. The molecule has 0 saturated heterocycles. The van der Waals surface area contributed by atoms with Crippen LogP contribution in [0.2, 0.25) is 5.02 Å². The number of allylic oxidation sites excluding steroid dienone is 1. The summed E-state index contributed by atoms with van der Waals surface area (Å²) in [6.07, 6.45) is 5.26. The van der Waals surface area contributed by atoms with Crippen LogP contribution in [-0.2, 0) is 0 Å². The molecule has 0 radical (unpaired) electrons. The fourth-order valence-corrected chi connectivity index (χ4v) is 2.76. The first-order chi connectivity index (χ1) is 11.3. The Kier molecular flexibility index (Phi) is 6.98. The van der Waals surface area contributed by atoms with Gasteiger partial charge < -0.3 is 0 Å². The fourth-order valence-electron chi connectivity index (χ4n) is 2.64. The van der Waals surface area contributed by atoms with Gasteiger partial charge in [-0.15, -0.1) is 12.5 Å². The smallest absolute Gasteiger partial charge is 0.0555 e. The summed E-state index contributed by atoms with van der Waals surface area (Å²) < 4.78 is 0. The van der Waals surface area contributed by atoms with Crippen molar-refractivity contribution >= 4 is 11.6 Å². The highest BCUT2D eigenvalue weighted by Gasteiger charge is 2.20. The van der Waals surface area contributed by atoms with Gasteiger partial charge in [-0.25, -0.2) is 0 Å². The minimum absolute atomic E-state index is 0.101. The van der Waals surface area contributed by atoms with E-state index in [0.717, 1.165) is 17.9 Å². The average Bonchev–Trinajstić information content (AvgIpc) is 2.59. The predicted octanol–water partition coefficient (Wildman–Crippen LogP) is 6.59. The zero-order chi connectivity index (χ0) is 16.5. The monoisotopic (exact) mass is 322 g/mol. The Labute approximate surface area is 145 Å². The Morgan fingerprint density at radius 1 is 1.04 bits per heavy atom. The van der Waals surface area contributed by atoms with Crippen molar-refractivity contribution in [1.82, 2.24) is 0 Å². The summed E-state index contributed by atoms with van der Waals surface area (Å²) in [6.45, 7) is 6.24. The number of rotatable bonds is 6. The molecule has 0 aliphatic rings. The number of hydrogen-bond donors (Lipinski definition) is 0. The second kappa shape index (κ2) is 9.23. The molecule has 0 N–H and O–H groups in total. The lowest BCUT2D eigenvalue weighted by atomic mass is 9.82. The van der Waals surface area contributed by atoms with Crippen molar-refractivity contribution in [3.8, 4) is 11.8 Å². The van der Waals surface area contributed by atoms with Gasteiger partial charge in [-0.05, 0) is 29.7 Å². The highest BCUT2D eigenvalue weighted by molar-refractivity contribution is 6.30. The zero-order valence-corrected chi connectivity index (χ0v) is 14.4. The molecule has 2 atom stereocenters. The molecule has 2 rings (SSSR count). The van der Waals surface area contributed by atoms with Crippen molar-refractivity contribution in [1.29, 1.82) is 0 Å². The SMILES string of the molecule is C=CC(c1ccccc1)C(C#CCCCC)c1ccc(Cl)cc1. The summed E-state index contributed by atoms with van der Waals surface area (Å²) >= 11 is 6.04. The van der Waals surface area contributed by atoms with Crippen molar-refractivity contribution in [2.75, 3.05) is 0 Å². The molecule has 2 aromatic rings. The molecule has 2 aromatic carbocycles. The minimum atomic E-state index is 0.101. The third kappa shape index (κ3) is 5.02. The Balaban J connectivity index is 2.36. The summed E-state index contributed by atoms with van der Waals surface area (Å²) in [5, 5.41) is 0.751. The minimum Gasteiger partial charge on any atom is -0.103 e. The summed E-state index contributed by atoms with van der Waals surface area (Å²) in [6, 6.07) is 18.5. The lowest BCUT2D eigenvalue weighted by Gasteiger charge is -2.21. The average molecular weight is 323 g/mol.